The molecule has 0 unspecified atom stereocenters. The molecule has 0 aliphatic heterocycles. The number of amidine groups is 1. The van der Waals surface area contributed by atoms with Gasteiger partial charge in [0.2, 0.25) is 0 Å². The van der Waals surface area contributed by atoms with Gasteiger partial charge in [-0.05, 0) is 30.7 Å². The van der Waals surface area contributed by atoms with Crippen molar-refractivity contribution in [3.8, 4) is 0 Å². The monoisotopic (exact) mass is 194 g/mol. The molecule has 3 heteroatoms. The number of nitrogens with two attached hydrogens (primary N) is 1. The highest BCUT2D eigenvalue weighted by molar-refractivity contribution is 5.84. The zero-order chi connectivity index (χ0) is 10.7. The number of hydrogen-bond donors (Lipinski definition) is 1. The zero-order valence-electron chi connectivity index (χ0n) is 8.71. The van der Waals surface area contributed by atoms with Crippen molar-refractivity contribution in [2.24, 2.45) is 16.6 Å². The van der Waals surface area contributed by atoms with E-state index in [9.17, 15) is 4.39 Å². The smallest absolute Gasteiger partial charge is 0.125 e. The van der Waals surface area contributed by atoms with E-state index in [1.165, 1.54) is 12.1 Å². The highest BCUT2D eigenvalue weighted by Gasteiger charge is 2.01. The molecule has 1 aromatic rings. The second kappa shape index (κ2) is 4.22. The van der Waals surface area contributed by atoms with Crippen LogP contribution in [0, 0.1) is 18.7 Å². The molecule has 0 fully saturated rings. The fourth-order valence-electron chi connectivity index (χ4n) is 1.06. The van der Waals surface area contributed by atoms with Gasteiger partial charge in [0.1, 0.15) is 11.7 Å². The molecule has 0 heterocycles. The van der Waals surface area contributed by atoms with Crippen molar-refractivity contribution in [2.75, 3.05) is 0 Å². The zero-order valence-corrected chi connectivity index (χ0v) is 8.71. The summed E-state index contributed by atoms with van der Waals surface area (Å²) >= 11 is 0. The molecule has 0 saturated heterocycles. The Morgan fingerprint density at radius 1 is 1.36 bits per heavy atom. The third-order valence-electron chi connectivity index (χ3n) is 1.88. The highest BCUT2D eigenvalue weighted by Crippen LogP contribution is 2.17. The summed E-state index contributed by atoms with van der Waals surface area (Å²) in [6.07, 6.45) is 0. The highest BCUT2D eigenvalue weighted by atomic mass is 19.1. The first-order chi connectivity index (χ1) is 6.49. The fourth-order valence-corrected chi connectivity index (χ4v) is 1.06. The summed E-state index contributed by atoms with van der Waals surface area (Å²) in [6, 6.07) is 4.64. The number of hydrogen-bond acceptors (Lipinski definition) is 1. The molecule has 1 aromatic carbocycles. The molecule has 0 aromatic heterocycles. The first-order valence-corrected chi connectivity index (χ1v) is 4.60. The van der Waals surface area contributed by atoms with Crippen LogP contribution in [0.25, 0.3) is 0 Å². The summed E-state index contributed by atoms with van der Waals surface area (Å²) in [5.41, 5.74) is 7.10. The van der Waals surface area contributed by atoms with Crippen LogP contribution in [-0.4, -0.2) is 5.84 Å². The minimum absolute atomic E-state index is 0.179. The molecule has 0 saturated carbocycles. The van der Waals surface area contributed by atoms with Crippen LogP contribution in [0.15, 0.2) is 23.2 Å². The van der Waals surface area contributed by atoms with E-state index < -0.39 is 0 Å². The van der Waals surface area contributed by atoms with Gasteiger partial charge in [0, 0.05) is 5.92 Å². The lowest BCUT2D eigenvalue weighted by atomic mass is 10.2. The predicted molar refractivity (Wildman–Crippen MR) is 57.3 cm³/mol. The Morgan fingerprint density at radius 2 is 2.00 bits per heavy atom. The van der Waals surface area contributed by atoms with E-state index in [1.54, 1.807) is 6.07 Å². The minimum atomic E-state index is -0.277. The van der Waals surface area contributed by atoms with Crippen LogP contribution in [0.4, 0.5) is 10.1 Å². The Hall–Kier alpha value is -1.38. The molecule has 0 radical (unpaired) electrons. The Labute approximate surface area is 83.7 Å². The lowest BCUT2D eigenvalue weighted by molar-refractivity contribution is 0.627. The van der Waals surface area contributed by atoms with Crippen LogP contribution in [0.1, 0.15) is 19.4 Å². The molecule has 0 spiro atoms. The van der Waals surface area contributed by atoms with E-state index in [2.05, 4.69) is 4.99 Å². The van der Waals surface area contributed by atoms with Crippen molar-refractivity contribution in [1.82, 2.24) is 0 Å². The first kappa shape index (κ1) is 10.7. The standard InChI is InChI=1S/C11H15FN2/c1-7(2)11(13)14-10-5-8(3)4-9(12)6-10/h4-7H,1-3H3,(H2,13,14). The van der Waals surface area contributed by atoms with E-state index in [0.29, 0.717) is 11.5 Å². The van der Waals surface area contributed by atoms with Gasteiger partial charge in [-0.2, -0.15) is 0 Å². The number of rotatable bonds is 2. The molecule has 76 valence electrons. The maximum atomic E-state index is 13.0. The Bertz CT molecular complexity index is 336. The molecule has 14 heavy (non-hydrogen) atoms. The second-order valence-electron chi connectivity index (χ2n) is 3.68. The molecular weight excluding hydrogens is 179 g/mol. The van der Waals surface area contributed by atoms with Gasteiger partial charge in [0.15, 0.2) is 0 Å². The van der Waals surface area contributed by atoms with Crippen LogP contribution in [-0.2, 0) is 0 Å². The summed E-state index contributed by atoms with van der Waals surface area (Å²) in [7, 11) is 0. The largest absolute Gasteiger partial charge is 0.387 e. The molecular formula is C11H15FN2. The summed E-state index contributed by atoms with van der Waals surface area (Å²) in [6.45, 7) is 5.73. The van der Waals surface area contributed by atoms with Crippen LogP contribution in [0.5, 0.6) is 0 Å². The number of nitrogens with zero attached hydrogens (tertiary/aromatic N) is 1. The third-order valence-corrected chi connectivity index (χ3v) is 1.88. The average Bonchev–Trinajstić information content (AvgIpc) is 2.01. The number of aliphatic imine (C=N–C) groups is 1. The van der Waals surface area contributed by atoms with Gasteiger partial charge >= 0.3 is 0 Å². The van der Waals surface area contributed by atoms with Crippen molar-refractivity contribution in [3.05, 3.63) is 29.6 Å². The molecule has 0 atom stereocenters. The minimum Gasteiger partial charge on any atom is -0.387 e. The van der Waals surface area contributed by atoms with E-state index in [-0.39, 0.29) is 11.7 Å². The predicted octanol–water partition coefficient (Wildman–Crippen LogP) is 2.78. The number of benzene rings is 1. The van der Waals surface area contributed by atoms with Crippen molar-refractivity contribution in [2.45, 2.75) is 20.8 Å². The van der Waals surface area contributed by atoms with Gasteiger partial charge in [-0.15, -0.1) is 0 Å². The molecule has 1 rings (SSSR count). The molecule has 2 N–H and O–H groups in total. The summed E-state index contributed by atoms with van der Waals surface area (Å²) in [5.74, 6) is 0.425. The lowest BCUT2D eigenvalue weighted by Crippen LogP contribution is -2.18. The summed E-state index contributed by atoms with van der Waals surface area (Å²) in [4.78, 5) is 4.13. The molecule has 0 bridgehead atoms. The molecule has 0 aliphatic rings. The number of halogens is 1. The fraction of sp³-hybridized carbons (Fsp3) is 0.364. The van der Waals surface area contributed by atoms with Crippen molar-refractivity contribution in [1.29, 1.82) is 0 Å². The SMILES string of the molecule is Cc1cc(F)cc(N=C(N)C(C)C)c1. The van der Waals surface area contributed by atoms with Gasteiger partial charge in [0.25, 0.3) is 0 Å². The van der Waals surface area contributed by atoms with Gasteiger partial charge in [0.05, 0.1) is 5.69 Å². The Balaban J connectivity index is 3.02. The topological polar surface area (TPSA) is 38.4 Å². The molecule has 0 amide bonds. The number of aryl methyl sites for hydroxylation is 1. The second-order valence-corrected chi connectivity index (χ2v) is 3.68. The third kappa shape index (κ3) is 2.83. The van der Waals surface area contributed by atoms with E-state index >= 15 is 0 Å². The first-order valence-electron chi connectivity index (χ1n) is 4.60. The lowest BCUT2D eigenvalue weighted by Gasteiger charge is -2.04. The van der Waals surface area contributed by atoms with Crippen LogP contribution in [0.2, 0.25) is 0 Å². The van der Waals surface area contributed by atoms with Gasteiger partial charge in [-0.1, -0.05) is 13.8 Å². The van der Waals surface area contributed by atoms with E-state index in [1.807, 2.05) is 20.8 Å². The Kier molecular flexibility index (Phi) is 3.23. The van der Waals surface area contributed by atoms with Crippen LogP contribution < -0.4 is 5.73 Å². The molecule has 0 aliphatic carbocycles. The summed E-state index contributed by atoms with van der Waals surface area (Å²) in [5, 5.41) is 0. The van der Waals surface area contributed by atoms with E-state index in [0.717, 1.165) is 5.56 Å². The maximum Gasteiger partial charge on any atom is 0.125 e. The summed E-state index contributed by atoms with van der Waals surface area (Å²) < 4.78 is 13.0. The van der Waals surface area contributed by atoms with Gasteiger partial charge in [-0.3, -0.25) is 0 Å². The van der Waals surface area contributed by atoms with E-state index in [4.69, 9.17) is 5.73 Å². The van der Waals surface area contributed by atoms with Crippen molar-refractivity contribution in [3.63, 3.8) is 0 Å². The normalized spacial score (nSPS) is 12.2. The van der Waals surface area contributed by atoms with Gasteiger partial charge in [-0.25, -0.2) is 9.38 Å². The molecule has 2 nitrogen and oxygen atoms in total. The van der Waals surface area contributed by atoms with Crippen molar-refractivity contribution >= 4 is 11.5 Å². The maximum absolute atomic E-state index is 13.0. The Morgan fingerprint density at radius 3 is 2.50 bits per heavy atom. The average molecular weight is 194 g/mol. The van der Waals surface area contributed by atoms with Crippen molar-refractivity contribution < 1.29 is 4.39 Å². The van der Waals surface area contributed by atoms with Gasteiger partial charge < -0.3 is 5.73 Å². The van der Waals surface area contributed by atoms with Crippen LogP contribution >= 0.6 is 0 Å². The quantitative estimate of drug-likeness (QED) is 0.570. The van der Waals surface area contributed by atoms with Crippen LogP contribution in [0.3, 0.4) is 0 Å².